The molecule has 2 atom stereocenters. The van der Waals surface area contributed by atoms with Gasteiger partial charge in [-0.25, -0.2) is 0 Å². The largest absolute Gasteiger partial charge is 0.379 e. The monoisotopic (exact) mass is 262 g/mol. The molecule has 1 aromatic rings. The summed E-state index contributed by atoms with van der Waals surface area (Å²) in [6.45, 7) is 3.82. The summed E-state index contributed by atoms with van der Waals surface area (Å²) in [5, 5.41) is 0. The standard InChI is InChI=1S/C15H22N2O2/c1-12(16)15(18)17(14-8-10-19-11-14)9-7-13-5-3-2-4-6-13/h2-6,12,14H,7-11,16H2,1H3/t12-,14?/m0/s1. The van der Waals surface area contributed by atoms with Crippen molar-refractivity contribution in [2.75, 3.05) is 19.8 Å². The number of benzene rings is 1. The summed E-state index contributed by atoms with van der Waals surface area (Å²) in [6.07, 6.45) is 1.77. The smallest absolute Gasteiger partial charge is 0.239 e. The Morgan fingerprint density at radius 1 is 1.47 bits per heavy atom. The molecule has 1 unspecified atom stereocenters. The van der Waals surface area contributed by atoms with E-state index in [9.17, 15) is 4.79 Å². The van der Waals surface area contributed by atoms with Crippen molar-refractivity contribution in [2.45, 2.75) is 31.8 Å². The van der Waals surface area contributed by atoms with Crippen LogP contribution in [0.4, 0.5) is 0 Å². The zero-order valence-corrected chi connectivity index (χ0v) is 11.4. The second kappa shape index (κ2) is 6.68. The molecule has 1 aliphatic heterocycles. The summed E-state index contributed by atoms with van der Waals surface area (Å²) >= 11 is 0. The van der Waals surface area contributed by atoms with Crippen LogP contribution in [0.3, 0.4) is 0 Å². The first-order chi connectivity index (χ1) is 9.18. The molecule has 0 aliphatic carbocycles. The van der Waals surface area contributed by atoms with Crippen molar-refractivity contribution in [3.8, 4) is 0 Å². The molecule has 1 heterocycles. The SMILES string of the molecule is C[C@H](N)C(=O)N(CCc1ccccc1)C1CCOC1. The number of nitrogens with two attached hydrogens (primary N) is 1. The molecule has 1 amide bonds. The zero-order valence-electron chi connectivity index (χ0n) is 11.4. The predicted molar refractivity (Wildman–Crippen MR) is 74.7 cm³/mol. The number of hydrogen-bond donors (Lipinski definition) is 1. The fourth-order valence-electron chi connectivity index (χ4n) is 2.40. The van der Waals surface area contributed by atoms with Gasteiger partial charge in [-0.2, -0.15) is 0 Å². The molecule has 1 aliphatic rings. The molecule has 1 saturated heterocycles. The van der Waals surface area contributed by atoms with Gasteiger partial charge in [0.1, 0.15) is 0 Å². The lowest BCUT2D eigenvalue weighted by Crippen LogP contribution is -2.48. The summed E-state index contributed by atoms with van der Waals surface area (Å²) in [5.41, 5.74) is 6.98. The summed E-state index contributed by atoms with van der Waals surface area (Å²) in [5.74, 6) is 0.0198. The molecule has 4 heteroatoms. The number of nitrogens with zero attached hydrogens (tertiary/aromatic N) is 1. The summed E-state index contributed by atoms with van der Waals surface area (Å²) < 4.78 is 5.39. The van der Waals surface area contributed by atoms with Gasteiger partial charge < -0.3 is 15.4 Å². The van der Waals surface area contributed by atoms with Crippen molar-refractivity contribution in [3.05, 3.63) is 35.9 Å². The van der Waals surface area contributed by atoms with Gasteiger partial charge in [0.15, 0.2) is 0 Å². The molecule has 1 aromatic carbocycles. The quantitative estimate of drug-likeness (QED) is 0.867. The maximum absolute atomic E-state index is 12.2. The third kappa shape index (κ3) is 3.78. The number of hydrogen-bond acceptors (Lipinski definition) is 3. The maximum Gasteiger partial charge on any atom is 0.239 e. The van der Waals surface area contributed by atoms with Gasteiger partial charge in [0.2, 0.25) is 5.91 Å². The van der Waals surface area contributed by atoms with Gasteiger partial charge in [0.05, 0.1) is 18.7 Å². The lowest BCUT2D eigenvalue weighted by atomic mass is 10.1. The molecular formula is C15H22N2O2. The third-order valence-corrected chi connectivity index (χ3v) is 3.50. The van der Waals surface area contributed by atoms with Crippen molar-refractivity contribution < 1.29 is 9.53 Å². The van der Waals surface area contributed by atoms with E-state index in [1.54, 1.807) is 6.92 Å². The van der Waals surface area contributed by atoms with E-state index in [0.29, 0.717) is 13.2 Å². The van der Waals surface area contributed by atoms with Crippen LogP contribution >= 0.6 is 0 Å². The van der Waals surface area contributed by atoms with Crippen LogP contribution in [0.5, 0.6) is 0 Å². The Balaban J connectivity index is 1.99. The second-order valence-electron chi connectivity index (χ2n) is 5.07. The van der Waals surface area contributed by atoms with Crippen LogP contribution in [0.1, 0.15) is 18.9 Å². The Labute approximate surface area is 114 Å². The maximum atomic E-state index is 12.2. The minimum atomic E-state index is -0.448. The van der Waals surface area contributed by atoms with E-state index < -0.39 is 6.04 Å². The van der Waals surface area contributed by atoms with E-state index in [4.69, 9.17) is 10.5 Å². The van der Waals surface area contributed by atoms with Crippen LogP contribution in [-0.4, -0.2) is 42.6 Å². The highest BCUT2D eigenvalue weighted by molar-refractivity contribution is 5.81. The molecule has 4 nitrogen and oxygen atoms in total. The van der Waals surface area contributed by atoms with Crippen LogP contribution < -0.4 is 5.73 Å². The Morgan fingerprint density at radius 2 is 2.21 bits per heavy atom. The average Bonchev–Trinajstić information content (AvgIpc) is 2.94. The van der Waals surface area contributed by atoms with Crippen LogP contribution in [0.15, 0.2) is 30.3 Å². The number of carbonyl (C=O) groups is 1. The minimum absolute atomic E-state index is 0.0198. The van der Waals surface area contributed by atoms with E-state index in [1.165, 1.54) is 5.56 Å². The Hall–Kier alpha value is -1.39. The molecule has 1 fully saturated rings. The van der Waals surface area contributed by atoms with Gasteiger partial charge in [-0.1, -0.05) is 30.3 Å². The zero-order chi connectivity index (χ0) is 13.7. The van der Waals surface area contributed by atoms with Crippen molar-refractivity contribution in [3.63, 3.8) is 0 Å². The van der Waals surface area contributed by atoms with Gasteiger partial charge in [-0.05, 0) is 25.3 Å². The van der Waals surface area contributed by atoms with Crippen molar-refractivity contribution in [2.24, 2.45) is 5.73 Å². The van der Waals surface area contributed by atoms with Gasteiger partial charge in [-0.15, -0.1) is 0 Å². The van der Waals surface area contributed by atoms with Gasteiger partial charge in [0.25, 0.3) is 0 Å². The molecule has 0 saturated carbocycles. The highest BCUT2D eigenvalue weighted by Crippen LogP contribution is 2.14. The number of ether oxygens (including phenoxy) is 1. The minimum Gasteiger partial charge on any atom is -0.379 e. The highest BCUT2D eigenvalue weighted by atomic mass is 16.5. The van der Waals surface area contributed by atoms with Crippen LogP contribution in [0.2, 0.25) is 0 Å². The highest BCUT2D eigenvalue weighted by Gasteiger charge is 2.28. The van der Waals surface area contributed by atoms with Gasteiger partial charge in [-0.3, -0.25) is 4.79 Å². The first-order valence-corrected chi connectivity index (χ1v) is 6.86. The van der Waals surface area contributed by atoms with E-state index in [1.807, 2.05) is 23.1 Å². The Morgan fingerprint density at radius 3 is 2.79 bits per heavy atom. The van der Waals surface area contributed by atoms with Crippen molar-refractivity contribution in [1.29, 1.82) is 0 Å². The lowest BCUT2D eigenvalue weighted by Gasteiger charge is -2.29. The summed E-state index contributed by atoms with van der Waals surface area (Å²) in [4.78, 5) is 14.1. The molecule has 104 valence electrons. The normalized spacial score (nSPS) is 20.2. The molecule has 0 spiro atoms. The number of amides is 1. The van der Waals surface area contributed by atoms with Crippen molar-refractivity contribution >= 4 is 5.91 Å². The molecule has 19 heavy (non-hydrogen) atoms. The van der Waals surface area contributed by atoms with E-state index in [-0.39, 0.29) is 11.9 Å². The molecule has 0 aromatic heterocycles. The van der Waals surface area contributed by atoms with Crippen LogP contribution in [0, 0.1) is 0 Å². The Kier molecular flexibility index (Phi) is 4.93. The third-order valence-electron chi connectivity index (χ3n) is 3.50. The first-order valence-electron chi connectivity index (χ1n) is 6.86. The summed E-state index contributed by atoms with van der Waals surface area (Å²) in [7, 11) is 0. The van der Waals surface area contributed by atoms with Gasteiger partial charge >= 0.3 is 0 Å². The summed E-state index contributed by atoms with van der Waals surface area (Å²) in [6, 6.07) is 9.94. The Bertz CT molecular complexity index is 400. The predicted octanol–water partition coefficient (Wildman–Crippen LogP) is 1.19. The van der Waals surface area contributed by atoms with Crippen LogP contribution in [0.25, 0.3) is 0 Å². The topological polar surface area (TPSA) is 55.6 Å². The van der Waals surface area contributed by atoms with E-state index >= 15 is 0 Å². The number of rotatable bonds is 5. The second-order valence-corrected chi connectivity index (χ2v) is 5.07. The molecule has 0 bridgehead atoms. The van der Waals surface area contributed by atoms with Gasteiger partial charge in [0, 0.05) is 13.2 Å². The average molecular weight is 262 g/mol. The molecular weight excluding hydrogens is 240 g/mol. The van der Waals surface area contributed by atoms with Crippen LogP contribution in [-0.2, 0) is 16.0 Å². The molecule has 2 rings (SSSR count). The fourth-order valence-corrected chi connectivity index (χ4v) is 2.40. The first kappa shape index (κ1) is 14.0. The number of carbonyl (C=O) groups excluding carboxylic acids is 1. The van der Waals surface area contributed by atoms with Crippen molar-refractivity contribution in [1.82, 2.24) is 4.90 Å². The fraction of sp³-hybridized carbons (Fsp3) is 0.533. The molecule has 2 N–H and O–H groups in total. The van der Waals surface area contributed by atoms with E-state index in [0.717, 1.165) is 19.4 Å². The molecule has 0 radical (unpaired) electrons. The van der Waals surface area contributed by atoms with E-state index in [2.05, 4.69) is 12.1 Å². The lowest BCUT2D eigenvalue weighted by molar-refractivity contribution is -0.134.